The molecule has 0 N–H and O–H groups in total. The zero-order chi connectivity index (χ0) is 12.5. The van der Waals surface area contributed by atoms with Crippen LogP contribution >= 0.6 is 0 Å². The van der Waals surface area contributed by atoms with E-state index in [1.165, 1.54) is 19.2 Å². The third-order valence-corrected chi connectivity index (χ3v) is 2.44. The standard InChI is InChI=1S/C11H11F3O3/c1-15-7-2-3-8(10-16-4-5-17-10)9(6-7)11(12,13)14/h2-3,6,10H,4-5H2,1H3. The van der Waals surface area contributed by atoms with Crippen molar-refractivity contribution in [3.8, 4) is 5.75 Å². The highest BCUT2D eigenvalue weighted by atomic mass is 19.4. The number of hydrogen-bond donors (Lipinski definition) is 0. The van der Waals surface area contributed by atoms with Crippen molar-refractivity contribution < 1.29 is 27.4 Å². The molecule has 6 heteroatoms. The van der Waals surface area contributed by atoms with Crippen LogP contribution in [-0.4, -0.2) is 20.3 Å². The number of ether oxygens (including phenoxy) is 3. The smallest absolute Gasteiger partial charge is 0.416 e. The first-order chi connectivity index (χ1) is 8.02. The van der Waals surface area contributed by atoms with E-state index in [-0.39, 0.29) is 11.3 Å². The summed E-state index contributed by atoms with van der Waals surface area (Å²) in [6.07, 6.45) is -5.41. The fourth-order valence-electron chi connectivity index (χ4n) is 1.65. The average Bonchev–Trinajstić information content (AvgIpc) is 2.80. The Kier molecular flexibility index (Phi) is 3.26. The molecular weight excluding hydrogens is 237 g/mol. The summed E-state index contributed by atoms with van der Waals surface area (Å²) in [4.78, 5) is 0. The second kappa shape index (κ2) is 4.54. The van der Waals surface area contributed by atoms with E-state index in [9.17, 15) is 13.2 Å². The highest BCUT2D eigenvalue weighted by Crippen LogP contribution is 2.38. The molecule has 1 aromatic rings. The molecule has 94 valence electrons. The van der Waals surface area contributed by atoms with Crippen LogP contribution in [0.5, 0.6) is 5.75 Å². The normalized spacial score (nSPS) is 17.4. The van der Waals surface area contributed by atoms with Gasteiger partial charge < -0.3 is 14.2 Å². The third-order valence-electron chi connectivity index (χ3n) is 2.44. The van der Waals surface area contributed by atoms with E-state index in [0.29, 0.717) is 13.2 Å². The Labute approximate surface area is 96.1 Å². The SMILES string of the molecule is COc1ccc(C2OCCO2)c(C(F)(F)F)c1. The molecule has 0 aromatic heterocycles. The van der Waals surface area contributed by atoms with Gasteiger partial charge >= 0.3 is 6.18 Å². The number of alkyl halides is 3. The van der Waals surface area contributed by atoms with Gasteiger partial charge in [-0.2, -0.15) is 13.2 Å². The minimum Gasteiger partial charge on any atom is -0.497 e. The minimum absolute atomic E-state index is 0.0178. The molecular formula is C11H11F3O3. The molecule has 1 heterocycles. The summed E-state index contributed by atoms with van der Waals surface area (Å²) >= 11 is 0. The van der Waals surface area contributed by atoms with Gasteiger partial charge in [0.05, 0.1) is 25.9 Å². The molecule has 0 aliphatic carbocycles. The fraction of sp³-hybridized carbons (Fsp3) is 0.455. The molecule has 1 fully saturated rings. The van der Waals surface area contributed by atoms with Crippen molar-refractivity contribution in [2.45, 2.75) is 12.5 Å². The molecule has 0 bridgehead atoms. The van der Waals surface area contributed by atoms with E-state index in [1.807, 2.05) is 0 Å². The van der Waals surface area contributed by atoms with Gasteiger partial charge in [0.25, 0.3) is 0 Å². The fourth-order valence-corrected chi connectivity index (χ4v) is 1.65. The number of methoxy groups -OCH3 is 1. The second-order valence-electron chi connectivity index (χ2n) is 3.52. The first kappa shape index (κ1) is 12.2. The van der Waals surface area contributed by atoms with Crippen molar-refractivity contribution >= 4 is 0 Å². The van der Waals surface area contributed by atoms with E-state index in [0.717, 1.165) is 6.07 Å². The van der Waals surface area contributed by atoms with Crippen LogP contribution in [0.2, 0.25) is 0 Å². The molecule has 0 spiro atoms. The molecule has 0 saturated carbocycles. The summed E-state index contributed by atoms with van der Waals surface area (Å²) in [7, 11) is 1.32. The van der Waals surface area contributed by atoms with Gasteiger partial charge in [0, 0.05) is 5.56 Å². The number of rotatable bonds is 2. The predicted molar refractivity (Wildman–Crippen MR) is 52.6 cm³/mol. The Morgan fingerprint density at radius 3 is 2.41 bits per heavy atom. The largest absolute Gasteiger partial charge is 0.497 e. The first-order valence-corrected chi connectivity index (χ1v) is 5.00. The van der Waals surface area contributed by atoms with Crippen LogP contribution in [0, 0.1) is 0 Å². The second-order valence-corrected chi connectivity index (χ2v) is 3.52. The van der Waals surface area contributed by atoms with Crippen LogP contribution < -0.4 is 4.74 Å². The summed E-state index contributed by atoms with van der Waals surface area (Å²) < 4.78 is 53.5. The summed E-state index contributed by atoms with van der Waals surface area (Å²) in [6, 6.07) is 3.72. The lowest BCUT2D eigenvalue weighted by atomic mass is 10.1. The van der Waals surface area contributed by atoms with Crippen molar-refractivity contribution in [3.63, 3.8) is 0 Å². The number of hydrogen-bond acceptors (Lipinski definition) is 3. The molecule has 0 radical (unpaired) electrons. The molecule has 17 heavy (non-hydrogen) atoms. The van der Waals surface area contributed by atoms with Crippen LogP contribution in [0.15, 0.2) is 18.2 Å². The summed E-state index contributed by atoms with van der Waals surface area (Å²) in [6.45, 7) is 0.599. The molecule has 0 unspecified atom stereocenters. The molecule has 1 aliphatic rings. The summed E-state index contributed by atoms with van der Waals surface area (Å²) in [5.74, 6) is 0.152. The van der Waals surface area contributed by atoms with Gasteiger partial charge in [-0.05, 0) is 18.2 Å². The van der Waals surface area contributed by atoms with E-state index in [2.05, 4.69) is 0 Å². The number of halogens is 3. The minimum atomic E-state index is -4.46. The maximum Gasteiger partial charge on any atom is 0.416 e. The quantitative estimate of drug-likeness (QED) is 0.805. The number of benzene rings is 1. The van der Waals surface area contributed by atoms with Gasteiger partial charge in [0.15, 0.2) is 6.29 Å². The summed E-state index contributed by atoms with van der Waals surface area (Å²) in [5, 5.41) is 0. The van der Waals surface area contributed by atoms with Gasteiger partial charge in [0.1, 0.15) is 5.75 Å². The Balaban J connectivity index is 2.42. The lowest BCUT2D eigenvalue weighted by Crippen LogP contribution is -2.12. The van der Waals surface area contributed by atoms with Crippen molar-refractivity contribution in [1.29, 1.82) is 0 Å². The van der Waals surface area contributed by atoms with Crippen molar-refractivity contribution in [2.24, 2.45) is 0 Å². The molecule has 2 rings (SSSR count). The third kappa shape index (κ3) is 2.53. The maximum absolute atomic E-state index is 12.9. The Hall–Kier alpha value is -1.27. The van der Waals surface area contributed by atoms with Gasteiger partial charge in [-0.25, -0.2) is 0 Å². The van der Waals surface area contributed by atoms with Gasteiger partial charge in [-0.3, -0.25) is 0 Å². The lowest BCUT2D eigenvalue weighted by Gasteiger charge is -2.17. The van der Waals surface area contributed by atoms with Gasteiger partial charge in [-0.15, -0.1) is 0 Å². The maximum atomic E-state index is 12.9. The summed E-state index contributed by atoms with van der Waals surface area (Å²) in [5.41, 5.74) is -0.806. The Morgan fingerprint density at radius 2 is 1.88 bits per heavy atom. The van der Waals surface area contributed by atoms with Crippen LogP contribution in [0.25, 0.3) is 0 Å². The molecule has 3 nitrogen and oxygen atoms in total. The van der Waals surface area contributed by atoms with Crippen molar-refractivity contribution in [3.05, 3.63) is 29.3 Å². The van der Waals surface area contributed by atoms with Crippen LogP contribution in [0.3, 0.4) is 0 Å². The van der Waals surface area contributed by atoms with Crippen LogP contribution in [0.4, 0.5) is 13.2 Å². The lowest BCUT2D eigenvalue weighted by molar-refractivity contribution is -0.142. The Morgan fingerprint density at radius 1 is 1.24 bits per heavy atom. The highest BCUT2D eigenvalue weighted by molar-refractivity contribution is 5.38. The topological polar surface area (TPSA) is 27.7 Å². The van der Waals surface area contributed by atoms with E-state index in [1.54, 1.807) is 0 Å². The van der Waals surface area contributed by atoms with E-state index < -0.39 is 18.0 Å². The van der Waals surface area contributed by atoms with Crippen molar-refractivity contribution in [2.75, 3.05) is 20.3 Å². The van der Waals surface area contributed by atoms with E-state index in [4.69, 9.17) is 14.2 Å². The zero-order valence-electron chi connectivity index (χ0n) is 9.08. The highest BCUT2D eigenvalue weighted by Gasteiger charge is 2.37. The van der Waals surface area contributed by atoms with Gasteiger partial charge in [0.2, 0.25) is 0 Å². The predicted octanol–water partition coefficient (Wildman–Crippen LogP) is 2.76. The van der Waals surface area contributed by atoms with Crippen LogP contribution in [-0.2, 0) is 15.7 Å². The zero-order valence-corrected chi connectivity index (χ0v) is 9.08. The van der Waals surface area contributed by atoms with Crippen LogP contribution in [0.1, 0.15) is 17.4 Å². The van der Waals surface area contributed by atoms with Gasteiger partial charge in [-0.1, -0.05) is 0 Å². The molecule has 1 aromatic carbocycles. The Bertz CT molecular complexity index is 397. The molecule has 1 aliphatic heterocycles. The average molecular weight is 248 g/mol. The first-order valence-electron chi connectivity index (χ1n) is 5.00. The molecule has 0 atom stereocenters. The monoisotopic (exact) mass is 248 g/mol. The molecule has 1 saturated heterocycles. The van der Waals surface area contributed by atoms with Crippen molar-refractivity contribution in [1.82, 2.24) is 0 Å². The molecule has 0 amide bonds. The van der Waals surface area contributed by atoms with E-state index >= 15 is 0 Å².